The lowest BCUT2D eigenvalue weighted by molar-refractivity contribution is -0.128. The van der Waals surface area contributed by atoms with Crippen LogP contribution in [-0.2, 0) is 21.4 Å². The first-order chi connectivity index (χ1) is 10.3. The molecule has 0 radical (unpaired) electrons. The third kappa shape index (κ3) is 4.31. The molecule has 0 unspecified atom stereocenters. The minimum Gasteiger partial charge on any atom is -0.467 e. The van der Waals surface area contributed by atoms with E-state index in [2.05, 4.69) is 10.6 Å². The van der Waals surface area contributed by atoms with E-state index in [1.165, 1.54) is 10.6 Å². The van der Waals surface area contributed by atoms with Gasteiger partial charge in [-0.1, -0.05) is 0 Å². The molecule has 1 aliphatic heterocycles. The average Bonchev–Trinajstić information content (AvgIpc) is 2.98. The van der Waals surface area contributed by atoms with Crippen LogP contribution in [0.4, 0.5) is 0 Å². The monoisotopic (exact) mass is 329 g/mol. The van der Waals surface area contributed by atoms with Gasteiger partial charge < -0.3 is 15.1 Å². The number of furan rings is 1. The summed E-state index contributed by atoms with van der Waals surface area (Å²) in [6, 6.07) is 3.49. The summed E-state index contributed by atoms with van der Waals surface area (Å²) in [6.07, 6.45) is 1.53. The third-order valence-electron chi connectivity index (χ3n) is 3.63. The molecule has 1 fully saturated rings. The van der Waals surface area contributed by atoms with Gasteiger partial charge in [-0.2, -0.15) is 4.31 Å². The van der Waals surface area contributed by atoms with E-state index in [0.29, 0.717) is 31.9 Å². The number of sulfonamides is 1. The van der Waals surface area contributed by atoms with Crippen LogP contribution in [0, 0.1) is 5.41 Å². The summed E-state index contributed by atoms with van der Waals surface area (Å²) in [5.41, 5.74) is -1.00. The molecule has 2 heterocycles. The molecule has 2 N–H and O–H groups in total. The molecule has 1 aromatic rings. The molecule has 2 rings (SSSR count). The Morgan fingerprint density at radius 3 is 2.68 bits per heavy atom. The van der Waals surface area contributed by atoms with Crippen molar-refractivity contribution in [3.8, 4) is 0 Å². The Morgan fingerprint density at radius 2 is 2.09 bits per heavy atom. The SMILES string of the molecule is CC(C)(CS(=O)(=O)N1CCNCC1)C(=O)NCc1ccco1. The van der Waals surface area contributed by atoms with Gasteiger partial charge in [0.15, 0.2) is 0 Å². The highest BCUT2D eigenvalue weighted by Gasteiger charge is 2.36. The highest BCUT2D eigenvalue weighted by molar-refractivity contribution is 7.89. The third-order valence-corrected chi connectivity index (χ3v) is 5.87. The fourth-order valence-corrected chi connectivity index (χ4v) is 4.32. The molecule has 0 aromatic carbocycles. The van der Waals surface area contributed by atoms with Gasteiger partial charge in [-0.05, 0) is 26.0 Å². The highest BCUT2D eigenvalue weighted by Crippen LogP contribution is 2.21. The molecule has 0 spiro atoms. The molecular formula is C14H23N3O4S. The van der Waals surface area contributed by atoms with Gasteiger partial charge in [0.25, 0.3) is 0 Å². The van der Waals surface area contributed by atoms with Crippen LogP contribution in [0.25, 0.3) is 0 Å². The molecular weight excluding hydrogens is 306 g/mol. The van der Waals surface area contributed by atoms with Gasteiger partial charge in [0.05, 0.1) is 24.0 Å². The Bertz CT molecular complexity index is 590. The summed E-state index contributed by atoms with van der Waals surface area (Å²) in [5, 5.41) is 5.84. The van der Waals surface area contributed by atoms with Crippen molar-refractivity contribution in [2.75, 3.05) is 31.9 Å². The summed E-state index contributed by atoms with van der Waals surface area (Å²) in [5.74, 6) is 0.126. The second-order valence-corrected chi connectivity index (χ2v) is 8.02. The molecule has 0 saturated carbocycles. The summed E-state index contributed by atoms with van der Waals surface area (Å²) in [6.45, 7) is 5.73. The Labute approximate surface area is 131 Å². The molecule has 0 aliphatic carbocycles. The van der Waals surface area contributed by atoms with E-state index in [4.69, 9.17) is 4.42 Å². The van der Waals surface area contributed by atoms with Crippen molar-refractivity contribution in [1.82, 2.24) is 14.9 Å². The molecule has 22 heavy (non-hydrogen) atoms. The fraction of sp³-hybridized carbons (Fsp3) is 0.643. The smallest absolute Gasteiger partial charge is 0.227 e. The molecule has 1 aliphatic rings. The second-order valence-electron chi connectivity index (χ2n) is 6.05. The topological polar surface area (TPSA) is 91.7 Å². The van der Waals surface area contributed by atoms with Gasteiger partial charge in [0.1, 0.15) is 5.76 Å². The van der Waals surface area contributed by atoms with Crippen molar-refractivity contribution in [1.29, 1.82) is 0 Å². The number of carbonyl (C=O) groups is 1. The van der Waals surface area contributed by atoms with Crippen molar-refractivity contribution in [2.24, 2.45) is 5.41 Å². The number of rotatable bonds is 6. The first-order valence-electron chi connectivity index (χ1n) is 7.30. The minimum atomic E-state index is -3.45. The van der Waals surface area contributed by atoms with E-state index in [1.54, 1.807) is 26.0 Å². The summed E-state index contributed by atoms with van der Waals surface area (Å²) >= 11 is 0. The Kier molecular flexibility index (Phi) is 5.25. The highest BCUT2D eigenvalue weighted by atomic mass is 32.2. The van der Waals surface area contributed by atoms with Crippen molar-refractivity contribution in [2.45, 2.75) is 20.4 Å². The number of piperazine rings is 1. The zero-order chi connectivity index (χ0) is 16.2. The van der Waals surface area contributed by atoms with E-state index < -0.39 is 15.4 Å². The summed E-state index contributed by atoms with van der Waals surface area (Å²) in [4.78, 5) is 12.3. The van der Waals surface area contributed by atoms with Gasteiger partial charge in [-0.25, -0.2) is 8.42 Å². The molecule has 1 amide bonds. The molecule has 124 valence electrons. The largest absolute Gasteiger partial charge is 0.467 e. The van der Waals surface area contributed by atoms with Crippen molar-refractivity contribution in [3.05, 3.63) is 24.2 Å². The molecule has 1 aromatic heterocycles. The Balaban J connectivity index is 1.94. The lowest BCUT2D eigenvalue weighted by atomic mass is 9.95. The predicted molar refractivity (Wildman–Crippen MR) is 82.6 cm³/mol. The van der Waals surface area contributed by atoms with Crippen LogP contribution in [-0.4, -0.2) is 50.6 Å². The fourth-order valence-electron chi connectivity index (χ4n) is 2.36. The average molecular weight is 329 g/mol. The maximum atomic E-state index is 12.4. The lowest BCUT2D eigenvalue weighted by Gasteiger charge is -2.30. The predicted octanol–water partition coefficient (Wildman–Crippen LogP) is 0.157. The first-order valence-corrected chi connectivity index (χ1v) is 8.91. The van der Waals surface area contributed by atoms with Crippen molar-refractivity contribution in [3.63, 3.8) is 0 Å². The maximum Gasteiger partial charge on any atom is 0.227 e. The van der Waals surface area contributed by atoms with Crippen LogP contribution in [0.5, 0.6) is 0 Å². The molecule has 7 nitrogen and oxygen atoms in total. The minimum absolute atomic E-state index is 0.204. The summed E-state index contributed by atoms with van der Waals surface area (Å²) in [7, 11) is -3.45. The van der Waals surface area contributed by atoms with E-state index in [-0.39, 0.29) is 18.2 Å². The van der Waals surface area contributed by atoms with E-state index >= 15 is 0 Å². The Morgan fingerprint density at radius 1 is 1.41 bits per heavy atom. The number of hydrogen-bond donors (Lipinski definition) is 2. The zero-order valence-corrected chi connectivity index (χ0v) is 13.8. The summed E-state index contributed by atoms with van der Waals surface area (Å²) < 4.78 is 31.5. The van der Waals surface area contributed by atoms with Gasteiger partial charge in [0.2, 0.25) is 15.9 Å². The van der Waals surface area contributed by atoms with E-state index in [9.17, 15) is 13.2 Å². The van der Waals surface area contributed by atoms with Crippen LogP contribution in [0.2, 0.25) is 0 Å². The van der Waals surface area contributed by atoms with Crippen LogP contribution in [0.3, 0.4) is 0 Å². The van der Waals surface area contributed by atoms with Gasteiger partial charge >= 0.3 is 0 Å². The van der Waals surface area contributed by atoms with Gasteiger partial charge in [-0.15, -0.1) is 0 Å². The molecule has 1 saturated heterocycles. The van der Waals surface area contributed by atoms with Crippen LogP contribution < -0.4 is 10.6 Å². The van der Waals surface area contributed by atoms with Crippen LogP contribution in [0.15, 0.2) is 22.8 Å². The molecule has 0 bridgehead atoms. The standard InChI is InChI=1S/C14H23N3O4S/c1-14(2,13(18)16-10-12-4-3-9-21-12)11-22(19,20)17-7-5-15-6-8-17/h3-4,9,15H,5-8,10-11H2,1-2H3,(H,16,18). The number of amides is 1. The maximum absolute atomic E-state index is 12.4. The first kappa shape index (κ1) is 17.0. The van der Waals surface area contributed by atoms with Gasteiger partial charge in [0, 0.05) is 26.2 Å². The Hall–Kier alpha value is -1.38. The van der Waals surface area contributed by atoms with E-state index in [0.717, 1.165) is 0 Å². The zero-order valence-electron chi connectivity index (χ0n) is 13.0. The molecule has 8 heteroatoms. The van der Waals surface area contributed by atoms with Gasteiger partial charge in [-0.3, -0.25) is 4.79 Å². The quantitative estimate of drug-likeness (QED) is 0.775. The molecule has 0 atom stereocenters. The number of nitrogens with one attached hydrogen (secondary N) is 2. The number of hydrogen-bond acceptors (Lipinski definition) is 5. The van der Waals surface area contributed by atoms with Crippen LogP contribution in [0.1, 0.15) is 19.6 Å². The van der Waals surface area contributed by atoms with Crippen molar-refractivity contribution < 1.29 is 17.6 Å². The normalized spacial score (nSPS) is 17.4. The number of carbonyl (C=O) groups excluding carboxylic acids is 1. The second kappa shape index (κ2) is 6.80. The lowest BCUT2D eigenvalue weighted by Crippen LogP contribution is -2.50. The number of nitrogens with zero attached hydrogens (tertiary/aromatic N) is 1. The van der Waals surface area contributed by atoms with Crippen molar-refractivity contribution >= 4 is 15.9 Å². The van der Waals surface area contributed by atoms with E-state index in [1.807, 2.05) is 0 Å². The van der Waals surface area contributed by atoms with Crippen LogP contribution >= 0.6 is 0 Å².